The van der Waals surface area contributed by atoms with Gasteiger partial charge in [-0.15, -0.1) is 0 Å². The Labute approximate surface area is 107 Å². The Morgan fingerprint density at radius 1 is 1.50 bits per heavy atom. The number of benzene rings is 1. The van der Waals surface area contributed by atoms with E-state index in [1.807, 2.05) is 6.92 Å². The molecule has 0 spiro atoms. The molecule has 0 bridgehead atoms. The van der Waals surface area contributed by atoms with E-state index in [9.17, 15) is 9.50 Å². The van der Waals surface area contributed by atoms with E-state index in [4.69, 9.17) is 4.74 Å². The lowest BCUT2D eigenvalue weighted by Gasteiger charge is -2.30. The molecule has 1 heterocycles. The molecule has 0 aromatic heterocycles. The molecule has 0 saturated carbocycles. The first-order valence-electron chi connectivity index (χ1n) is 6.42. The highest BCUT2D eigenvalue weighted by Gasteiger charge is 2.22. The Kier molecular flexibility index (Phi) is 4.19. The fourth-order valence-electron chi connectivity index (χ4n) is 2.48. The van der Waals surface area contributed by atoms with Gasteiger partial charge < -0.3 is 15.2 Å². The molecule has 0 radical (unpaired) electrons. The second-order valence-corrected chi connectivity index (χ2v) is 4.99. The van der Waals surface area contributed by atoms with Crippen molar-refractivity contribution in [2.24, 2.45) is 0 Å². The summed E-state index contributed by atoms with van der Waals surface area (Å²) < 4.78 is 18.4. The predicted molar refractivity (Wildman–Crippen MR) is 68.1 cm³/mol. The van der Waals surface area contributed by atoms with Crippen LogP contribution >= 0.6 is 0 Å². The summed E-state index contributed by atoms with van der Waals surface area (Å²) in [7, 11) is 0. The number of aromatic hydroxyl groups is 1. The molecule has 0 aliphatic carbocycles. The molecule has 3 atom stereocenters. The molecular formula is C14H20FNO2. The van der Waals surface area contributed by atoms with Gasteiger partial charge in [-0.1, -0.05) is 6.07 Å². The summed E-state index contributed by atoms with van der Waals surface area (Å²) in [6, 6.07) is 4.54. The van der Waals surface area contributed by atoms with Gasteiger partial charge in [-0.3, -0.25) is 0 Å². The fourth-order valence-corrected chi connectivity index (χ4v) is 2.48. The molecule has 100 valence electrons. The van der Waals surface area contributed by atoms with Gasteiger partial charge in [0.25, 0.3) is 0 Å². The van der Waals surface area contributed by atoms with Gasteiger partial charge in [0.2, 0.25) is 0 Å². The van der Waals surface area contributed by atoms with Gasteiger partial charge in [0, 0.05) is 30.3 Å². The van der Waals surface area contributed by atoms with Gasteiger partial charge in [-0.05, 0) is 32.8 Å². The number of halogens is 1. The van der Waals surface area contributed by atoms with Gasteiger partial charge >= 0.3 is 0 Å². The molecule has 0 amide bonds. The number of nitrogens with one attached hydrogen (secondary N) is 1. The van der Waals surface area contributed by atoms with Crippen molar-refractivity contribution in [1.82, 2.24) is 5.32 Å². The first-order valence-corrected chi connectivity index (χ1v) is 6.42. The average molecular weight is 253 g/mol. The van der Waals surface area contributed by atoms with Gasteiger partial charge in [0.05, 0.1) is 6.10 Å². The third-order valence-corrected chi connectivity index (χ3v) is 3.43. The largest absolute Gasteiger partial charge is 0.508 e. The van der Waals surface area contributed by atoms with Crippen LogP contribution in [-0.2, 0) is 4.74 Å². The van der Waals surface area contributed by atoms with Crippen LogP contribution in [0.5, 0.6) is 5.75 Å². The smallest absolute Gasteiger partial charge is 0.126 e. The summed E-state index contributed by atoms with van der Waals surface area (Å²) in [5.41, 5.74) is 0.732. The summed E-state index contributed by atoms with van der Waals surface area (Å²) in [4.78, 5) is 0. The van der Waals surface area contributed by atoms with E-state index in [0.717, 1.165) is 31.1 Å². The summed E-state index contributed by atoms with van der Waals surface area (Å²) in [5, 5.41) is 13.2. The van der Waals surface area contributed by atoms with Crippen LogP contribution in [0.25, 0.3) is 0 Å². The second-order valence-electron chi connectivity index (χ2n) is 4.99. The maximum absolute atomic E-state index is 12.9. The van der Waals surface area contributed by atoms with Crippen LogP contribution < -0.4 is 5.32 Å². The zero-order valence-corrected chi connectivity index (χ0v) is 10.8. The Hall–Kier alpha value is -1.13. The van der Waals surface area contributed by atoms with Crippen molar-refractivity contribution in [2.45, 2.75) is 44.9 Å². The number of phenolic OH excluding ortho intramolecular Hbond substituents is 1. The Balaban J connectivity index is 2.00. The topological polar surface area (TPSA) is 41.5 Å². The van der Waals surface area contributed by atoms with Gasteiger partial charge in [0.1, 0.15) is 11.6 Å². The maximum atomic E-state index is 12.9. The van der Waals surface area contributed by atoms with Gasteiger partial charge in [0.15, 0.2) is 0 Å². The third kappa shape index (κ3) is 3.21. The summed E-state index contributed by atoms with van der Waals surface area (Å²) in [6.45, 7) is 4.81. The van der Waals surface area contributed by atoms with Crippen molar-refractivity contribution in [1.29, 1.82) is 0 Å². The number of hydrogen-bond donors (Lipinski definition) is 2. The molecule has 2 rings (SSSR count). The van der Waals surface area contributed by atoms with E-state index in [1.165, 1.54) is 6.07 Å². The van der Waals surface area contributed by atoms with Crippen molar-refractivity contribution in [3.05, 3.63) is 29.6 Å². The number of ether oxygens (including phenoxy) is 1. The first-order chi connectivity index (χ1) is 8.56. The van der Waals surface area contributed by atoms with Crippen LogP contribution in [0.4, 0.5) is 4.39 Å². The lowest BCUT2D eigenvalue weighted by atomic mass is 10.0. The number of hydrogen-bond acceptors (Lipinski definition) is 3. The lowest BCUT2D eigenvalue weighted by molar-refractivity contribution is 0.0115. The maximum Gasteiger partial charge on any atom is 0.126 e. The van der Waals surface area contributed by atoms with Crippen molar-refractivity contribution in [2.75, 3.05) is 6.61 Å². The minimum Gasteiger partial charge on any atom is -0.508 e. The Bertz CT molecular complexity index is 411. The minimum absolute atomic E-state index is 0.000833. The molecule has 4 heteroatoms. The van der Waals surface area contributed by atoms with Crippen LogP contribution in [0.3, 0.4) is 0 Å². The SMILES string of the molecule is CC1CC(NC(C)c2ccc(F)cc2O)CCO1. The van der Waals surface area contributed by atoms with Crippen molar-refractivity contribution in [3.8, 4) is 5.75 Å². The molecule has 2 N–H and O–H groups in total. The monoisotopic (exact) mass is 253 g/mol. The Morgan fingerprint density at radius 3 is 2.94 bits per heavy atom. The molecule has 1 aromatic carbocycles. The van der Waals surface area contributed by atoms with E-state index in [1.54, 1.807) is 6.07 Å². The Morgan fingerprint density at radius 2 is 2.28 bits per heavy atom. The summed E-state index contributed by atoms with van der Waals surface area (Å²) >= 11 is 0. The molecular weight excluding hydrogens is 233 g/mol. The van der Waals surface area contributed by atoms with Crippen LogP contribution in [0.2, 0.25) is 0 Å². The van der Waals surface area contributed by atoms with Crippen LogP contribution in [0.1, 0.15) is 38.3 Å². The fraction of sp³-hybridized carbons (Fsp3) is 0.571. The third-order valence-electron chi connectivity index (χ3n) is 3.43. The molecule has 1 aromatic rings. The second kappa shape index (κ2) is 5.67. The van der Waals surface area contributed by atoms with Gasteiger partial charge in [-0.2, -0.15) is 0 Å². The molecule has 3 unspecified atom stereocenters. The molecule has 18 heavy (non-hydrogen) atoms. The predicted octanol–water partition coefficient (Wildman–Crippen LogP) is 2.75. The first kappa shape index (κ1) is 13.3. The van der Waals surface area contributed by atoms with Crippen molar-refractivity contribution in [3.63, 3.8) is 0 Å². The quantitative estimate of drug-likeness (QED) is 0.870. The molecule has 1 aliphatic heterocycles. The van der Waals surface area contributed by atoms with E-state index in [-0.39, 0.29) is 17.9 Å². The van der Waals surface area contributed by atoms with Crippen molar-refractivity contribution < 1.29 is 14.2 Å². The van der Waals surface area contributed by atoms with Crippen LogP contribution in [0.15, 0.2) is 18.2 Å². The number of phenols is 1. The zero-order valence-electron chi connectivity index (χ0n) is 10.8. The average Bonchev–Trinajstić information content (AvgIpc) is 2.28. The van der Waals surface area contributed by atoms with Gasteiger partial charge in [-0.25, -0.2) is 4.39 Å². The molecule has 1 saturated heterocycles. The van der Waals surface area contributed by atoms with Crippen LogP contribution in [0, 0.1) is 5.82 Å². The highest BCUT2D eigenvalue weighted by Crippen LogP contribution is 2.26. The van der Waals surface area contributed by atoms with E-state index < -0.39 is 5.82 Å². The molecule has 1 aliphatic rings. The van der Waals surface area contributed by atoms with E-state index in [2.05, 4.69) is 12.2 Å². The normalized spacial score (nSPS) is 25.9. The van der Waals surface area contributed by atoms with Crippen LogP contribution in [-0.4, -0.2) is 23.9 Å². The van der Waals surface area contributed by atoms with Crippen molar-refractivity contribution >= 4 is 0 Å². The summed E-state index contributed by atoms with van der Waals surface area (Å²) in [5.74, 6) is -0.404. The molecule has 3 nitrogen and oxygen atoms in total. The number of rotatable bonds is 3. The highest BCUT2D eigenvalue weighted by molar-refractivity contribution is 5.34. The van der Waals surface area contributed by atoms with E-state index in [0.29, 0.717) is 6.04 Å². The van der Waals surface area contributed by atoms with E-state index >= 15 is 0 Å². The highest BCUT2D eigenvalue weighted by atomic mass is 19.1. The standard InChI is InChI=1S/C14H20FNO2/c1-9-7-12(5-6-18-9)16-10(2)13-4-3-11(15)8-14(13)17/h3-4,8-10,12,16-17H,5-7H2,1-2H3. The lowest BCUT2D eigenvalue weighted by Crippen LogP contribution is -2.39. The minimum atomic E-state index is -0.414. The molecule has 1 fully saturated rings. The summed E-state index contributed by atoms with van der Waals surface area (Å²) in [6.07, 6.45) is 2.20. The zero-order chi connectivity index (χ0) is 13.1.